The van der Waals surface area contributed by atoms with E-state index in [-0.39, 0.29) is 17.7 Å². The van der Waals surface area contributed by atoms with Crippen molar-refractivity contribution in [2.75, 3.05) is 23.7 Å². The molecule has 2 unspecified atom stereocenters. The summed E-state index contributed by atoms with van der Waals surface area (Å²) in [6, 6.07) is 7.14. The van der Waals surface area contributed by atoms with E-state index in [0.717, 1.165) is 30.9 Å². The molecule has 108 valence electrons. The maximum Gasteiger partial charge on any atom is 0.228 e. The Morgan fingerprint density at radius 3 is 2.25 bits per heavy atom. The monoisotopic (exact) mass is 275 g/mol. The average Bonchev–Trinajstić information content (AvgIpc) is 2.40. The van der Waals surface area contributed by atoms with Gasteiger partial charge in [0.2, 0.25) is 11.8 Å². The van der Waals surface area contributed by atoms with E-state index in [1.165, 1.54) is 6.92 Å². The van der Waals surface area contributed by atoms with Crippen molar-refractivity contribution in [2.24, 2.45) is 11.8 Å². The first-order valence-corrected chi connectivity index (χ1v) is 6.94. The largest absolute Gasteiger partial charge is 0.326 e. The van der Waals surface area contributed by atoms with Gasteiger partial charge < -0.3 is 16.0 Å². The van der Waals surface area contributed by atoms with E-state index in [0.29, 0.717) is 5.92 Å². The van der Waals surface area contributed by atoms with Gasteiger partial charge in [-0.1, -0.05) is 6.92 Å². The minimum Gasteiger partial charge on any atom is -0.326 e. The highest BCUT2D eigenvalue weighted by Crippen LogP contribution is 2.19. The Bertz CT molecular complexity index is 484. The molecule has 0 aliphatic carbocycles. The SMILES string of the molecule is CC(=O)Nc1ccc(NC(=O)C2CNCC(C)C2)cc1. The Morgan fingerprint density at radius 2 is 1.70 bits per heavy atom. The van der Waals surface area contributed by atoms with Crippen molar-refractivity contribution in [3.8, 4) is 0 Å². The number of rotatable bonds is 3. The molecule has 1 aromatic carbocycles. The molecule has 5 heteroatoms. The zero-order chi connectivity index (χ0) is 14.5. The molecular weight excluding hydrogens is 254 g/mol. The smallest absolute Gasteiger partial charge is 0.228 e. The molecular formula is C15H21N3O2. The minimum absolute atomic E-state index is 0.0220. The zero-order valence-corrected chi connectivity index (χ0v) is 11.9. The van der Waals surface area contributed by atoms with E-state index in [2.05, 4.69) is 22.9 Å². The molecule has 0 saturated carbocycles. The fraction of sp³-hybridized carbons (Fsp3) is 0.467. The summed E-state index contributed by atoms with van der Waals surface area (Å²) in [7, 11) is 0. The summed E-state index contributed by atoms with van der Waals surface area (Å²) in [4.78, 5) is 23.1. The van der Waals surface area contributed by atoms with Gasteiger partial charge in [-0.25, -0.2) is 0 Å². The summed E-state index contributed by atoms with van der Waals surface area (Å²) in [5.74, 6) is 0.496. The predicted octanol–water partition coefficient (Wildman–Crippen LogP) is 1.83. The first-order valence-electron chi connectivity index (χ1n) is 6.94. The number of carbonyl (C=O) groups is 2. The molecule has 2 atom stereocenters. The Morgan fingerprint density at radius 1 is 1.10 bits per heavy atom. The van der Waals surface area contributed by atoms with Gasteiger partial charge in [0.05, 0.1) is 5.92 Å². The second-order valence-corrected chi connectivity index (χ2v) is 5.44. The van der Waals surface area contributed by atoms with E-state index < -0.39 is 0 Å². The van der Waals surface area contributed by atoms with Gasteiger partial charge >= 0.3 is 0 Å². The van der Waals surface area contributed by atoms with Crippen LogP contribution in [0, 0.1) is 11.8 Å². The van der Waals surface area contributed by atoms with E-state index in [4.69, 9.17) is 0 Å². The third kappa shape index (κ3) is 4.06. The van der Waals surface area contributed by atoms with E-state index >= 15 is 0 Å². The molecule has 1 aromatic rings. The third-order valence-electron chi connectivity index (χ3n) is 3.41. The van der Waals surface area contributed by atoms with Gasteiger partial charge in [-0.2, -0.15) is 0 Å². The van der Waals surface area contributed by atoms with Crippen LogP contribution in [0.2, 0.25) is 0 Å². The second-order valence-electron chi connectivity index (χ2n) is 5.44. The summed E-state index contributed by atoms with van der Waals surface area (Å²) in [6.07, 6.45) is 0.919. The van der Waals surface area contributed by atoms with Crippen LogP contribution in [-0.2, 0) is 9.59 Å². The van der Waals surface area contributed by atoms with E-state index in [1.54, 1.807) is 24.3 Å². The third-order valence-corrected chi connectivity index (χ3v) is 3.41. The molecule has 0 spiro atoms. The number of benzene rings is 1. The average molecular weight is 275 g/mol. The summed E-state index contributed by atoms with van der Waals surface area (Å²) in [5.41, 5.74) is 1.48. The number of nitrogens with one attached hydrogen (secondary N) is 3. The normalized spacial score (nSPS) is 22.1. The topological polar surface area (TPSA) is 70.2 Å². The highest BCUT2D eigenvalue weighted by molar-refractivity contribution is 5.93. The summed E-state index contributed by atoms with van der Waals surface area (Å²) in [6.45, 7) is 5.33. The molecule has 3 N–H and O–H groups in total. The number of hydrogen-bond donors (Lipinski definition) is 3. The van der Waals surface area contributed by atoms with Crippen LogP contribution in [0.15, 0.2) is 24.3 Å². The van der Waals surface area contributed by atoms with Crippen LogP contribution in [0.4, 0.5) is 11.4 Å². The van der Waals surface area contributed by atoms with Crippen LogP contribution in [0.5, 0.6) is 0 Å². The fourth-order valence-electron chi connectivity index (χ4n) is 2.44. The predicted molar refractivity (Wildman–Crippen MR) is 79.5 cm³/mol. The van der Waals surface area contributed by atoms with Crippen LogP contribution < -0.4 is 16.0 Å². The highest BCUT2D eigenvalue weighted by atomic mass is 16.2. The Balaban J connectivity index is 1.92. The van der Waals surface area contributed by atoms with Crippen LogP contribution in [0.3, 0.4) is 0 Å². The van der Waals surface area contributed by atoms with Crippen molar-refractivity contribution < 1.29 is 9.59 Å². The van der Waals surface area contributed by atoms with Crippen molar-refractivity contribution in [3.05, 3.63) is 24.3 Å². The molecule has 2 rings (SSSR count). The van der Waals surface area contributed by atoms with Gasteiger partial charge in [0.15, 0.2) is 0 Å². The summed E-state index contributed by atoms with van der Waals surface area (Å²) in [5, 5.41) is 8.89. The van der Waals surface area contributed by atoms with Gasteiger partial charge in [-0.15, -0.1) is 0 Å². The molecule has 1 aliphatic rings. The van der Waals surface area contributed by atoms with Gasteiger partial charge in [0.1, 0.15) is 0 Å². The van der Waals surface area contributed by atoms with Crippen LogP contribution in [0.25, 0.3) is 0 Å². The minimum atomic E-state index is -0.107. The Kier molecular flexibility index (Phi) is 4.74. The lowest BCUT2D eigenvalue weighted by atomic mass is 9.91. The van der Waals surface area contributed by atoms with E-state index in [9.17, 15) is 9.59 Å². The maximum atomic E-state index is 12.2. The summed E-state index contributed by atoms with van der Waals surface area (Å²) >= 11 is 0. The van der Waals surface area contributed by atoms with Crippen LogP contribution >= 0.6 is 0 Å². The van der Waals surface area contributed by atoms with Crippen molar-refractivity contribution in [1.82, 2.24) is 5.32 Å². The lowest BCUT2D eigenvalue weighted by Gasteiger charge is -2.26. The lowest BCUT2D eigenvalue weighted by Crippen LogP contribution is -2.40. The Hall–Kier alpha value is -1.88. The Labute approximate surface area is 119 Å². The standard InChI is InChI=1S/C15H21N3O2/c1-10-7-12(9-16-8-10)15(20)18-14-5-3-13(4-6-14)17-11(2)19/h3-6,10,12,16H,7-9H2,1-2H3,(H,17,19)(H,18,20). The number of carbonyl (C=O) groups excluding carboxylic acids is 2. The summed E-state index contributed by atoms with van der Waals surface area (Å²) < 4.78 is 0. The molecule has 1 aliphatic heterocycles. The first-order chi connectivity index (χ1) is 9.54. The second kappa shape index (κ2) is 6.52. The van der Waals surface area contributed by atoms with Crippen LogP contribution in [0.1, 0.15) is 20.3 Å². The van der Waals surface area contributed by atoms with Gasteiger partial charge in [-0.05, 0) is 43.1 Å². The van der Waals surface area contributed by atoms with Crippen molar-refractivity contribution in [1.29, 1.82) is 0 Å². The zero-order valence-electron chi connectivity index (χ0n) is 11.9. The maximum absolute atomic E-state index is 12.2. The molecule has 0 aromatic heterocycles. The molecule has 1 saturated heterocycles. The van der Waals surface area contributed by atoms with Crippen LogP contribution in [-0.4, -0.2) is 24.9 Å². The van der Waals surface area contributed by atoms with Gasteiger partial charge in [0, 0.05) is 24.8 Å². The first kappa shape index (κ1) is 14.5. The number of amides is 2. The van der Waals surface area contributed by atoms with Crippen molar-refractivity contribution in [2.45, 2.75) is 20.3 Å². The van der Waals surface area contributed by atoms with E-state index in [1.807, 2.05) is 0 Å². The highest BCUT2D eigenvalue weighted by Gasteiger charge is 2.24. The number of anilines is 2. The molecule has 1 heterocycles. The molecule has 20 heavy (non-hydrogen) atoms. The van der Waals surface area contributed by atoms with Crippen molar-refractivity contribution >= 4 is 23.2 Å². The number of piperidine rings is 1. The molecule has 5 nitrogen and oxygen atoms in total. The quantitative estimate of drug-likeness (QED) is 0.788. The lowest BCUT2D eigenvalue weighted by molar-refractivity contribution is -0.120. The molecule has 0 radical (unpaired) electrons. The molecule has 2 amide bonds. The fourth-order valence-corrected chi connectivity index (χ4v) is 2.44. The number of hydrogen-bond acceptors (Lipinski definition) is 3. The van der Waals surface area contributed by atoms with Crippen molar-refractivity contribution in [3.63, 3.8) is 0 Å². The molecule has 0 bridgehead atoms. The molecule has 1 fully saturated rings. The van der Waals surface area contributed by atoms with Gasteiger partial charge in [0.25, 0.3) is 0 Å². The van der Waals surface area contributed by atoms with Gasteiger partial charge in [-0.3, -0.25) is 9.59 Å².